The summed E-state index contributed by atoms with van der Waals surface area (Å²) in [7, 11) is 0. The largest absolute Gasteiger partial charge is 0.488 e. The quantitative estimate of drug-likeness (QED) is 0.642. The second-order valence-corrected chi connectivity index (χ2v) is 6.85. The molecule has 9 heteroatoms. The average molecular weight is 462 g/mol. The zero-order chi connectivity index (χ0) is 20.4. The molecule has 0 amide bonds. The van der Waals surface area contributed by atoms with Gasteiger partial charge in [0.1, 0.15) is 35.5 Å². The molecule has 0 saturated heterocycles. The number of anilines is 1. The van der Waals surface area contributed by atoms with Gasteiger partial charge in [-0.25, -0.2) is 22.0 Å². The number of nitrogens with zero attached hydrogens (tertiary/aromatic N) is 1. The number of hydrogen-bond acceptors (Lipinski definition) is 3. The number of ether oxygens (including phenoxy) is 1. The number of aliphatic hydroxyl groups excluding tert-OH is 1. The Hall–Kier alpha value is -2.39. The van der Waals surface area contributed by atoms with Gasteiger partial charge in [0.15, 0.2) is 11.6 Å². The predicted octanol–water partition coefficient (Wildman–Crippen LogP) is 4.90. The van der Waals surface area contributed by atoms with Crippen molar-refractivity contribution in [2.24, 2.45) is 0 Å². The van der Waals surface area contributed by atoms with Crippen molar-refractivity contribution in [3.05, 3.63) is 87.0 Å². The van der Waals surface area contributed by atoms with E-state index in [2.05, 4.69) is 15.9 Å². The van der Waals surface area contributed by atoms with Crippen LogP contribution < -0.4 is 4.90 Å². The van der Waals surface area contributed by atoms with Crippen LogP contribution in [0.25, 0.3) is 0 Å². The normalized spacial score (nSPS) is 14.4. The molecule has 1 aliphatic heterocycles. The molecule has 3 nitrogen and oxygen atoms in total. The molecule has 0 spiro atoms. The monoisotopic (exact) mass is 461 g/mol. The van der Waals surface area contributed by atoms with E-state index < -0.39 is 41.4 Å². The lowest BCUT2D eigenvalue weighted by atomic mass is 10.1. The summed E-state index contributed by atoms with van der Waals surface area (Å²) in [4.78, 5) is 1.12. The van der Waals surface area contributed by atoms with Crippen LogP contribution in [0.3, 0.4) is 0 Å². The Morgan fingerprint density at radius 1 is 0.964 bits per heavy atom. The minimum absolute atomic E-state index is 0.0854. The summed E-state index contributed by atoms with van der Waals surface area (Å²) in [5.74, 6) is -4.63. The minimum atomic E-state index is -1.13. The standard InChI is InChI=1S/C19H13BrF5NO2/c20-14-7-26(19-16(24)4-12(22)5-17(19)25)13(8-27)6-18(14)28-9-10-1-2-11(21)3-15(10)23/h1-6,27H,7-9H2. The molecule has 1 heterocycles. The Bertz CT molecular complexity index is 954. The van der Waals surface area contributed by atoms with Gasteiger partial charge in [-0.2, -0.15) is 0 Å². The lowest BCUT2D eigenvalue weighted by molar-refractivity contribution is 0.203. The lowest BCUT2D eigenvalue weighted by Crippen LogP contribution is -2.31. The fraction of sp³-hybridized carbons (Fsp3) is 0.158. The Morgan fingerprint density at radius 2 is 1.61 bits per heavy atom. The molecule has 28 heavy (non-hydrogen) atoms. The van der Waals surface area contributed by atoms with Crippen molar-refractivity contribution in [2.45, 2.75) is 6.61 Å². The number of allylic oxidation sites excluding steroid dienone is 1. The Morgan fingerprint density at radius 3 is 2.21 bits per heavy atom. The number of rotatable bonds is 5. The highest BCUT2D eigenvalue weighted by Crippen LogP contribution is 2.34. The van der Waals surface area contributed by atoms with Crippen molar-refractivity contribution in [3.63, 3.8) is 0 Å². The first kappa shape index (κ1) is 20.3. The van der Waals surface area contributed by atoms with Gasteiger partial charge >= 0.3 is 0 Å². The molecule has 3 rings (SSSR count). The number of aliphatic hydroxyl groups is 1. The molecule has 0 saturated carbocycles. The maximum absolute atomic E-state index is 14.1. The third kappa shape index (κ3) is 4.20. The first-order valence-electron chi connectivity index (χ1n) is 7.99. The number of hydrogen-bond donors (Lipinski definition) is 1. The minimum Gasteiger partial charge on any atom is -0.488 e. The number of benzene rings is 2. The molecule has 0 fully saturated rings. The maximum Gasteiger partial charge on any atom is 0.152 e. The maximum atomic E-state index is 14.1. The molecule has 2 aromatic rings. The van der Waals surface area contributed by atoms with Crippen LogP contribution in [0.2, 0.25) is 0 Å². The van der Waals surface area contributed by atoms with Gasteiger partial charge in [-0.3, -0.25) is 0 Å². The highest BCUT2D eigenvalue weighted by atomic mass is 79.9. The molecular formula is C19H13BrF5NO2. The van der Waals surface area contributed by atoms with E-state index in [9.17, 15) is 27.1 Å². The summed E-state index contributed by atoms with van der Waals surface area (Å²) in [5, 5.41) is 9.60. The molecule has 1 N–H and O–H groups in total. The third-order valence-corrected chi connectivity index (χ3v) is 4.66. The van der Waals surface area contributed by atoms with Crippen LogP contribution in [-0.4, -0.2) is 18.3 Å². The van der Waals surface area contributed by atoms with Crippen molar-refractivity contribution in [3.8, 4) is 0 Å². The van der Waals surface area contributed by atoms with Crippen LogP contribution >= 0.6 is 15.9 Å². The van der Waals surface area contributed by atoms with Gasteiger partial charge in [0.05, 0.1) is 17.6 Å². The van der Waals surface area contributed by atoms with Gasteiger partial charge in [0, 0.05) is 35.5 Å². The topological polar surface area (TPSA) is 32.7 Å². The molecular weight excluding hydrogens is 449 g/mol. The van der Waals surface area contributed by atoms with Gasteiger partial charge in [-0.05, 0) is 28.1 Å². The molecule has 0 aliphatic carbocycles. The SMILES string of the molecule is OCC1=CC(OCc2ccc(F)cc2F)=C(Br)CN1c1c(F)cc(F)cc1F. The van der Waals surface area contributed by atoms with Crippen LogP contribution in [0.1, 0.15) is 5.56 Å². The van der Waals surface area contributed by atoms with Crippen molar-refractivity contribution >= 4 is 21.6 Å². The average Bonchev–Trinajstić information content (AvgIpc) is 2.61. The Balaban J connectivity index is 1.85. The second-order valence-electron chi connectivity index (χ2n) is 5.89. The molecule has 0 bridgehead atoms. The predicted molar refractivity (Wildman–Crippen MR) is 95.9 cm³/mol. The fourth-order valence-corrected chi connectivity index (χ4v) is 3.17. The van der Waals surface area contributed by atoms with Crippen molar-refractivity contribution < 1.29 is 31.8 Å². The molecule has 1 aliphatic rings. The van der Waals surface area contributed by atoms with Crippen LogP contribution in [0.4, 0.5) is 27.6 Å². The van der Waals surface area contributed by atoms with Crippen LogP contribution in [-0.2, 0) is 11.3 Å². The molecule has 0 radical (unpaired) electrons. The van der Waals surface area contributed by atoms with Crippen molar-refractivity contribution in [1.29, 1.82) is 0 Å². The van der Waals surface area contributed by atoms with Crippen LogP contribution in [0, 0.1) is 29.1 Å². The zero-order valence-corrected chi connectivity index (χ0v) is 15.7. The van der Waals surface area contributed by atoms with E-state index in [-0.39, 0.29) is 30.2 Å². The smallest absolute Gasteiger partial charge is 0.152 e. The second kappa shape index (κ2) is 8.32. The van der Waals surface area contributed by atoms with Crippen LogP contribution in [0.15, 0.2) is 52.3 Å². The van der Waals surface area contributed by atoms with E-state index in [4.69, 9.17) is 4.74 Å². The van der Waals surface area contributed by atoms with Crippen molar-refractivity contribution in [1.82, 2.24) is 0 Å². The first-order valence-corrected chi connectivity index (χ1v) is 8.78. The Labute approximate surface area is 165 Å². The van der Waals surface area contributed by atoms with Gasteiger partial charge in [0.2, 0.25) is 0 Å². The summed E-state index contributed by atoms with van der Waals surface area (Å²) in [6.07, 6.45) is 1.32. The highest BCUT2D eigenvalue weighted by Gasteiger charge is 2.26. The molecule has 148 valence electrons. The van der Waals surface area contributed by atoms with Gasteiger partial charge < -0.3 is 14.7 Å². The summed E-state index contributed by atoms with van der Waals surface area (Å²) < 4.78 is 73.9. The van der Waals surface area contributed by atoms with Gasteiger partial charge in [0.25, 0.3) is 0 Å². The van der Waals surface area contributed by atoms with E-state index >= 15 is 0 Å². The van der Waals surface area contributed by atoms with E-state index in [0.29, 0.717) is 16.6 Å². The van der Waals surface area contributed by atoms with E-state index in [1.807, 2.05) is 0 Å². The molecule has 2 aromatic carbocycles. The first-order chi connectivity index (χ1) is 13.3. The fourth-order valence-electron chi connectivity index (χ4n) is 2.69. The number of halogens is 6. The van der Waals surface area contributed by atoms with E-state index in [1.54, 1.807) is 0 Å². The summed E-state index contributed by atoms with van der Waals surface area (Å²) in [6, 6.07) is 4.11. The summed E-state index contributed by atoms with van der Waals surface area (Å²) in [5.41, 5.74) is -0.337. The highest BCUT2D eigenvalue weighted by molar-refractivity contribution is 9.11. The van der Waals surface area contributed by atoms with Crippen molar-refractivity contribution in [2.75, 3.05) is 18.1 Å². The molecule has 0 aromatic heterocycles. The van der Waals surface area contributed by atoms with E-state index in [0.717, 1.165) is 17.0 Å². The van der Waals surface area contributed by atoms with Gasteiger partial charge in [-0.15, -0.1) is 0 Å². The zero-order valence-electron chi connectivity index (χ0n) is 14.2. The summed E-state index contributed by atoms with van der Waals surface area (Å²) in [6.45, 7) is -0.938. The summed E-state index contributed by atoms with van der Waals surface area (Å²) >= 11 is 3.23. The van der Waals surface area contributed by atoms with Crippen LogP contribution in [0.5, 0.6) is 0 Å². The Kier molecular flexibility index (Phi) is 6.04. The molecule has 0 atom stereocenters. The lowest BCUT2D eigenvalue weighted by Gasteiger charge is -2.31. The molecule has 0 unspecified atom stereocenters. The third-order valence-electron chi connectivity index (χ3n) is 4.02. The van der Waals surface area contributed by atoms with E-state index in [1.165, 1.54) is 12.1 Å². The van der Waals surface area contributed by atoms with Gasteiger partial charge in [-0.1, -0.05) is 0 Å².